The predicted octanol–water partition coefficient (Wildman–Crippen LogP) is 1.02. The molecule has 128 valence electrons. The number of nitrogens with zero attached hydrogens (tertiary/aromatic N) is 2. The van der Waals surface area contributed by atoms with Gasteiger partial charge in [-0.15, -0.1) is 24.0 Å². The number of hydrogen-bond donors (Lipinski definition) is 1. The topological polar surface area (TPSA) is 80.2 Å². The van der Waals surface area contributed by atoms with Gasteiger partial charge < -0.3 is 19.7 Å². The van der Waals surface area contributed by atoms with Crippen molar-refractivity contribution in [2.45, 2.75) is 26.2 Å². The molecule has 0 aliphatic carbocycles. The van der Waals surface area contributed by atoms with Crippen LogP contribution in [0.1, 0.15) is 26.2 Å². The number of aliphatic imine (C=N–C) groups is 1. The molecule has 1 N–H and O–H groups in total. The quantitative estimate of drug-likeness (QED) is 0.306. The maximum atomic E-state index is 11.7. The van der Waals surface area contributed by atoms with Gasteiger partial charge in [-0.3, -0.25) is 14.6 Å². The number of methoxy groups -OCH3 is 1. The van der Waals surface area contributed by atoms with Gasteiger partial charge in [-0.1, -0.05) is 0 Å². The first-order chi connectivity index (χ1) is 10.1. The Labute approximate surface area is 148 Å². The minimum atomic E-state index is -0.251. The third-order valence-electron chi connectivity index (χ3n) is 3.47. The van der Waals surface area contributed by atoms with E-state index < -0.39 is 0 Å². The molecule has 0 saturated carbocycles. The van der Waals surface area contributed by atoms with Crippen LogP contribution in [0, 0.1) is 5.92 Å². The monoisotopic (exact) mass is 427 g/mol. The van der Waals surface area contributed by atoms with Crippen LogP contribution >= 0.6 is 24.0 Å². The zero-order chi connectivity index (χ0) is 15.7. The highest BCUT2D eigenvalue weighted by Gasteiger charge is 2.27. The van der Waals surface area contributed by atoms with E-state index in [0.717, 1.165) is 31.9 Å². The van der Waals surface area contributed by atoms with Gasteiger partial charge in [0.2, 0.25) is 0 Å². The van der Waals surface area contributed by atoms with Gasteiger partial charge in [0.1, 0.15) is 0 Å². The lowest BCUT2D eigenvalue weighted by molar-refractivity contribution is -0.149. The van der Waals surface area contributed by atoms with Gasteiger partial charge in [-0.05, 0) is 19.8 Å². The van der Waals surface area contributed by atoms with Gasteiger partial charge in [0.05, 0.1) is 26.1 Å². The molecule has 0 atom stereocenters. The Bertz CT molecular complexity index is 382. The van der Waals surface area contributed by atoms with Crippen molar-refractivity contribution < 1.29 is 19.1 Å². The van der Waals surface area contributed by atoms with E-state index in [1.54, 1.807) is 7.05 Å². The van der Waals surface area contributed by atoms with Crippen molar-refractivity contribution in [3.05, 3.63) is 0 Å². The molecule has 1 saturated heterocycles. The average Bonchev–Trinajstić information content (AvgIpc) is 2.51. The highest BCUT2D eigenvalue weighted by Crippen LogP contribution is 2.18. The van der Waals surface area contributed by atoms with E-state index in [4.69, 9.17) is 4.74 Å². The molecule has 0 bridgehead atoms. The zero-order valence-corrected chi connectivity index (χ0v) is 15.8. The molecule has 0 aromatic carbocycles. The number of ether oxygens (including phenoxy) is 2. The predicted molar refractivity (Wildman–Crippen MR) is 94.3 cm³/mol. The molecular weight excluding hydrogens is 401 g/mol. The molecule has 1 heterocycles. The number of esters is 2. The van der Waals surface area contributed by atoms with Crippen molar-refractivity contribution in [1.82, 2.24) is 10.2 Å². The fourth-order valence-electron chi connectivity index (χ4n) is 2.30. The fraction of sp³-hybridized carbons (Fsp3) is 0.786. The summed E-state index contributed by atoms with van der Waals surface area (Å²) in [6.45, 7) is 4.23. The Balaban J connectivity index is 0.00000441. The Morgan fingerprint density at radius 3 is 2.45 bits per heavy atom. The van der Waals surface area contributed by atoms with E-state index in [1.165, 1.54) is 7.11 Å². The summed E-state index contributed by atoms with van der Waals surface area (Å²) in [5.74, 6) is 0.375. The van der Waals surface area contributed by atoms with E-state index in [-0.39, 0.29) is 41.8 Å². The molecule has 22 heavy (non-hydrogen) atoms. The van der Waals surface area contributed by atoms with Crippen molar-refractivity contribution in [1.29, 1.82) is 0 Å². The van der Waals surface area contributed by atoms with Crippen LogP contribution in [0.4, 0.5) is 0 Å². The normalized spacial score (nSPS) is 15.8. The molecule has 0 radical (unpaired) electrons. The number of hydrogen-bond acceptors (Lipinski definition) is 5. The maximum Gasteiger partial charge on any atom is 0.309 e. The van der Waals surface area contributed by atoms with E-state index in [1.807, 2.05) is 6.92 Å². The third-order valence-corrected chi connectivity index (χ3v) is 3.47. The highest BCUT2D eigenvalue weighted by molar-refractivity contribution is 14.0. The number of carbonyl (C=O) groups is 2. The van der Waals surface area contributed by atoms with E-state index in [2.05, 4.69) is 19.9 Å². The molecule has 0 amide bonds. The van der Waals surface area contributed by atoms with Crippen molar-refractivity contribution in [3.63, 3.8) is 0 Å². The number of rotatable bonds is 5. The molecule has 0 spiro atoms. The summed E-state index contributed by atoms with van der Waals surface area (Å²) in [6, 6.07) is 0. The first kappa shape index (κ1) is 20.9. The summed E-state index contributed by atoms with van der Waals surface area (Å²) in [5, 5.41) is 3.13. The Kier molecular flexibility index (Phi) is 10.9. The van der Waals surface area contributed by atoms with Crippen LogP contribution in [0.3, 0.4) is 0 Å². The number of carbonyl (C=O) groups excluding carboxylic acids is 2. The lowest BCUT2D eigenvalue weighted by Gasteiger charge is -2.33. The van der Waals surface area contributed by atoms with Crippen molar-refractivity contribution in [2.24, 2.45) is 10.9 Å². The lowest BCUT2D eigenvalue weighted by Crippen LogP contribution is -2.47. The molecule has 1 aliphatic rings. The summed E-state index contributed by atoms with van der Waals surface area (Å²) >= 11 is 0. The molecule has 1 rings (SSSR count). The molecule has 0 aromatic rings. The molecule has 0 unspecified atom stereocenters. The zero-order valence-electron chi connectivity index (χ0n) is 13.5. The molecule has 1 fully saturated rings. The first-order valence-corrected chi connectivity index (χ1v) is 7.31. The van der Waals surface area contributed by atoms with Crippen LogP contribution in [-0.4, -0.2) is 63.2 Å². The van der Waals surface area contributed by atoms with Crippen molar-refractivity contribution in [3.8, 4) is 0 Å². The van der Waals surface area contributed by atoms with Crippen LogP contribution in [0.25, 0.3) is 0 Å². The summed E-state index contributed by atoms with van der Waals surface area (Å²) in [7, 11) is 3.08. The Morgan fingerprint density at radius 1 is 1.32 bits per heavy atom. The maximum absolute atomic E-state index is 11.7. The minimum absolute atomic E-state index is 0. The molecule has 7 nitrogen and oxygen atoms in total. The Hall–Kier alpha value is -1.06. The van der Waals surface area contributed by atoms with Crippen LogP contribution in [0.5, 0.6) is 0 Å². The molecule has 8 heteroatoms. The van der Waals surface area contributed by atoms with Gasteiger partial charge in [0.15, 0.2) is 5.96 Å². The van der Waals surface area contributed by atoms with E-state index in [0.29, 0.717) is 19.6 Å². The highest BCUT2D eigenvalue weighted by atomic mass is 127. The van der Waals surface area contributed by atoms with Gasteiger partial charge >= 0.3 is 11.9 Å². The number of nitrogens with one attached hydrogen (secondary N) is 1. The first-order valence-electron chi connectivity index (χ1n) is 7.31. The van der Waals surface area contributed by atoms with Crippen LogP contribution in [0.2, 0.25) is 0 Å². The van der Waals surface area contributed by atoms with Gasteiger partial charge in [-0.25, -0.2) is 0 Å². The summed E-state index contributed by atoms with van der Waals surface area (Å²) in [5.41, 5.74) is 0. The van der Waals surface area contributed by atoms with Crippen LogP contribution in [-0.2, 0) is 19.1 Å². The van der Waals surface area contributed by atoms with E-state index >= 15 is 0 Å². The second-order valence-electron chi connectivity index (χ2n) is 4.81. The van der Waals surface area contributed by atoms with E-state index in [9.17, 15) is 9.59 Å². The minimum Gasteiger partial charge on any atom is -0.469 e. The number of halogens is 1. The SMILES string of the molecule is CCOC(=O)C1CCN(C(=NC)NCCC(=O)OC)CC1.I. The van der Waals surface area contributed by atoms with Gasteiger partial charge in [0.25, 0.3) is 0 Å². The number of likely N-dealkylation sites (tertiary alicyclic amines) is 1. The van der Waals surface area contributed by atoms with Crippen LogP contribution in [0.15, 0.2) is 4.99 Å². The second-order valence-corrected chi connectivity index (χ2v) is 4.81. The largest absolute Gasteiger partial charge is 0.469 e. The number of guanidine groups is 1. The number of piperidine rings is 1. The Morgan fingerprint density at radius 2 is 1.95 bits per heavy atom. The van der Waals surface area contributed by atoms with Crippen molar-refractivity contribution >= 4 is 41.9 Å². The third kappa shape index (κ3) is 6.80. The average molecular weight is 427 g/mol. The second kappa shape index (κ2) is 11.5. The molecule has 0 aromatic heterocycles. The van der Waals surface area contributed by atoms with Crippen LogP contribution < -0.4 is 5.32 Å². The summed E-state index contributed by atoms with van der Waals surface area (Å²) in [4.78, 5) is 29.1. The standard InChI is InChI=1S/C14H25N3O4.HI/c1-4-21-13(19)11-6-9-17(10-7-11)14(15-2)16-8-5-12(18)20-3;/h11H,4-10H2,1-3H3,(H,15,16);1H. The van der Waals surface area contributed by atoms with Gasteiger partial charge in [0, 0.05) is 26.7 Å². The smallest absolute Gasteiger partial charge is 0.309 e. The van der Waals surface area contributed by atoms with Crippen molar-refractivity contribution in [2.75, 3.05) is 40.4 Å². The summed E-state index contributed by atoms with van der Waals surface area (Å²) in [6.07, 6.45) is 1.82. The van der Waals surface area contributed by atoms with Gasteiger partial charge in [-0.2, -0.15) is 0 Å². The lowest BCUT2D eigenvalue weighted by atomic mass is 9.97. The summed E-state index contributed by atoms with van der Waals surface area (Å²) < 4.78 is 9.64. The molecule has 1 aliphatic heterocycles. The fourth-order valence-corrected chi connectivity index (χ4v) is 2.30. The molecular formula is C14H26IN3O4.